The van der Waals surface area contributed by atoms with Crippen LogP contribution in [0, 0.1) is 0 Å². The Kier molecular flexibility index (Phi) is 5.71. The third-order valence-corrected chi connectivity index (χ3v) is 4.76. The van der Waals surface area contributed by atoms with Crippen LogP contribution in [-0.4, -0.2) is 32.1 Å². The highest BCUT2D eigenvalue weighted by Gasteiger charge is 2.36. The minimum Gasteiger partial charge on any atom is -0.493 e. The lowest BCUT2D eigenvalue weighted by Crippen LogP contribution is -2.54. The summed E-state index contributed by atoms with van der Waals surface area (Å²) in [6.45, 7) is 0. The van der Waals surface area contributed by atoms with Crippen molar-refractivity contribution < 1.29 is 23.9 Å². The smallest absolute Gasteiger partial charge is 0.335 e. The fourth-order valence-electron chi connectivity index (χ4n) is 2.67. The van der Waals surface area contributed by atoms with E-state index >= 15 is 0 Å². The van der Waals surface area contributed by atoms with Gasteiger partial charge in [-0.25, -0.2) is 9.69 Å². The molecule has 0 aromatic heterocycles. The summed E-state index contributed by atoms with van der Waals surface area (Å²) < 4.78 is 11.2. The first kappa shape index (κ1) is 19.9. The average Bonchev–Trinajstić information content (AvgIpc) is 2.66. The minimum absolute atomic E-state index is 0.217. The molecule has 4 amide bonds. The summed E-state index contributed by atoms with van der Waals surface area (Å²) in [5.74, 6) is -0.875. The van der Waals surface area contributed by atoms with Gasteiger partial charge in [-0.2, -0.15) is 0 Å². The number of methoxy groups -OCH3 is 2. The fraction of sp³-hybridized carbons (Fsp3) is 0.105. The number of barbiturate groups is 1. The average molecular weight is 466 g/mol. The second-order valence-electron chi connectivity index (χ2n) is 5.67. The van der Waals surface area contributed by atoms with Crippen LogP contribution < -0.4 is 19.7 Å². The number of halogens is 2. The predicted octanol–water partition coefficient (Wildman–Crippen LogP) is 3.79. The zero-order valence-electron chi connectivity index (χ0n) is 14.8. The molecule has 0 spiro atoms. The molecule has 0 atom stereocenters. The molecule has 3 rings (SSSR count). The van der Waals surface area contributed by atoms with Gasteiger partial charge in [-0.15, -0.1) is 0 Å². The number of rotatable bonds is 4. The molecule has 9 heteroatoms. The molecule has 0 unspecified atom stereocenters. The molecule has 144 valence electrons. The summed E-state index contributed by atoms with van der Waals surface area (Å²) in [6, 6.07) is 8.81. The molecule has 2 aromatic rings. The fourth-order valence-corrected chi connectivity index (χ4v) is 3.23. The van der Waals surface area contributed by atoms with Gasteiger partial charge in [-0.1, -0.05) is 27.5 Å². The van der Waals surface area contributed by atoms with Crippen molar-refractivity contribution in [2.24, 2.45) is 0 Å². The number of amides is 4. The summed E-state index contributed by atoms with van der Waals surface area (Å²) in [5, 5.41) is 2.42. The van der Waals surface area contributed by atoms with Crippen molar-refractivity contribution in [1.29, 1.82) is 0 Å². The molecule has 1 heterocycles. The van der Waals surface area contributed by atoms with Gasteiger partial charge in [0.05, 0.1) is 24.9 Å². The second kappa shape index (κ2) is 8.04. The molecule has 1 N–H and O–H groups in total. The molecule has 2 aromatic carbocycles. The normalized spacial score (nSPS) is 15.6. The van der Waals surface area contributed by atoms with E-state index in [1.54, 1.807) is 30.3 Å². The largest absolute Gasteiger partial charge is 0.493 e. The number of carbonyl (C=O) groups excluding carboxylic acids is 3. The van der Waals surface area contributed by atoms with E-state index in [1.165, 1.54) is 26.4 Å². The Morgan fingerprint density at radius 2 is 1.75 bits per heavy atom. The van der Waals surface area contributed by atoms with Gasteiger partial charge in [0.25, 0.3) is 11.8 Å². The molecule has 1 fully saturated rings. The zero-order valence-corrected chi connectivity index (χ0v) is 17.1. The van der Waals surface area contributed by atoms with Crippen molar-refractivity contribution in [2.75, 3.05) is 19.1 Å². The lowest BCUT2D eigenvalue weighted by molar-refractivity contribution is -0.122. The number of urea groups is 1. The van der Waals surface area contributed by atoms with E-state index in [0.717, 1.165) is 9.37 Å². The molecular weight excluding hydrogens is 452 g/mol. The van der Waals surface area contributed by atoms with E-state index < -0.39 is 17.8 Å². The molecule has 0 aliphatic carbocycles. The first-order chi connectivity index (χ1) is 13.3. The molecule has 0 radical (unpaired) electrons. The number of carbonyl (C=O) groups is 3. The Labute approximate surface area is 174 Å². The van der Waals surface area contributed by atoms with Crippen LogP contribution in [0.1, 0.15) is 5.56 Å². The highest BCUT2D eigenvalue weighted by Crippen LogP contribution is 2.37. The number of nitrogens with zero attached hydrogens (tertiary/aromatic N) is 1. The quantitative estimate of drug-likeness (QED) is 0.549. The number of imide groups is 2. The number of ether oxygens (including phenoxy) is 2. The Morgan fingerprint density at radius 1 is 1.07 bits per heavy atom. The predicted molar refractivity (Wildman–Crippen MR) is 108 cm³/mol. The zero-order chi connectivity index (χ0) is 20.4. The third kappa shape index (κ3) is 3.74. The van der Waals surface area contributed by atoms with Crippen LogP contribution in [-0.2, 0) is 9.59 Å². The lowest BCUT2D eigenvalue weighted by atomic mass is 10.1. The van der Waals surface area contributed by atoms with Crippen LogP contribution in [0.3, 0.4) is 0 Å². The number of hydrogen-bond donors (Lipinski definition) is 1. The van der Waals surface area contributed by atoms with Gasteiger partial charge in [-0.05, 0) is 48.0 Å². The van der Waals surface area contributed by atoms with Crippen molar-refractivity contribution in [3.05, 3.63) is 57.0 Å². The van der Waals surface area contributed by atoms with Crippen LogP contribution in [0.2, 0.25) is 5.02 Å². The first-order valence-electron chi connectivity index (χ1n) is 7.94. The van der Waals surface area contributed by atoms with Crippen molar-refractivity contribution in [1.82, 2.24) is 5.32 Å². The Hall–Kier alpha value is -2.84. The Bertz CT molecular complexity index is 1000. The molecule has 1 saturated heterocycles. The van der Waals surface area contributed by atoms with E-state index in [4.69, 9.17) is 21.1 Å². The number of nitrogens with one attached hydrogen (secondary N) is 1. The maximum atomic E-state index is 12.9. The molecular formula is C19H14BrClN2O5. The van der Waals surface area contributed by atoms with Crippen molar-refractivity contribution in [3.63, 3.8) is 0 Å². The van der Waals surface area contributed by atoms with Gasteiger partial charge in [0.1, 0.15) is 5.57 Å². The van der Waals surface area contributed by atoms with Crippen LogP contribution in [0.25, 0.3) is 6.08 Å². The SMILES string of the molecule is COc1cc(/C=C2\C(=O)NC(=O)N(c3ccc(Br)cc3)C2=O)cc(Cl)c1OC. The molecule has 28 heavy (non-hydrogen) atoms. The van der Waals surface area contributed by atoms with Gasteiger partial charge in [0.2, 0.25) is 0 Å². The topological polar surface area (TPSA) is 84.9 Å². The molecule has 1 aliphatic rings. The van der Waals surface area contributed by atoms with Crippen LogP contribution in [0.15, 0.2) is 46.4 Å². The van der Waals surface area contributed by atoms with Crippen LogP contribution in [0.4, 0.5) is 10.5 Å². The third-order valence-electron chi connectivity index (χ3n) is 3.95. The van der Waals surface area contributed by atoms with Gasteiger partial charge in [0, 0.05) is 4.47 Å². The van der Waals surface area contributed by atoms with E-state index in [-0.39, 0.29) is 10.6 Å². The number of anilines is 1. The highest BCUT2D eigenvalue weighted by molar-refractivity contribution is 9.10. The highest BCUT2D eigenvalue weighted by atomic mass is 79.9. The van der Waals surface area contributed by atoms with E-state index in [0.29, 0.717) is 22.7 Å². The van der Waals surface area contributed by atoms with Crippen molar-refractivity contribution >= 4 is 57.1 Å². The summed E-state index contributed by atoms with van der Waals surface area (Å²) in [7, 11) is 2.89. The monoisotopic (exact) mass is 464 g/mol. The Balaban J connectivity index is 2.04. The maximum absolute atomic E-state index is 12.9. The van der Waals surface area contributed by atoms with Gasteiger partial charge in [0.15, 0.2) is 11.5 Å². The van der Waals surface area contributed by atoms with Crippen LogP contribution >= 0.6 is 27.5 Å². The van der Waals surface area contributed by atoms with E-state index in [2.05, 4.69) is 21.2 Å². The number of hydrogen-bond acceptors (Lipinski definition) is 5. The lowest BCUT2D eigenvalue weighted by Gasteiger charge is -2.26. The van der Waals surface area contributed by atoms with Gasteiger partial charge >= 0.3 is 6.03 Å². The molecule has 7 nitrogen and oxygen atoms in total. The van der Waals surface area contributed by atoms with Gasteiger partial charge < -0.3 is 9.47 Å². The Morgan fingerprint density at radius 3 is 2.36 bits per heavy atom. The second-order valence-corrected chi connectivity index (χ2v) is 7.00. The summed E-state index contributed by atoms with van der Waals surface area (Å²) >= 11 is 9.47. The van der Waals surface area contributed by atoms with Crippen molar-refractivity contribution in [3.8, 4) is 11.5 Å². The summed E-state index contributed by atoms with van der Waals surface area (Å²) in [4.78, 5) is 38.2. The minimum atomic E-state index is -0.820. The van der Waals surface area contributed by atoms with E-state index in [1.807, 2.05) is 0 Å². The summed E-state index contributed by atoms with van der Waals surface area (Å²) in [6.07, 6.45) is 1.34. The maximum Gasteiger partial charge on any atom is 0.335 e. The standard InChI is InChI=1S/C19H14BrClN2O5/c1-27-15-9-10(8-14(21)16(15)28-2)7-13-17(24)22-19(26)23(18(13)25)12-5-3-11(20)4-6-12/h3-9H,1-2H3,(H,22,24,26)/b13-7+. The molecule has 1 aliphatic heterocycles. The molecule has 0 bridgehead atoms. The van der Waals surface area contributed by atoms with Crippen molar-refractivity contribution in [2.45, 2.75) is 0 Å². The van der Waals surface area contributed by atoms with Crippen LogP contribution in [0.5, 0.6) is 11.5 Å². The van der Waals surface area contributed by atoms with E-state index in [9.17, 15) is 14.4 Å². The summed E-state index contributed by atoms with van der Waals surface area (Å²) in [5.41, 5.74) is 0.548. The molecule has 0 saturated carbocycles. The first-order valence-corrected chi connectivity index (χ1v) is 9.11. The van der Waals surface area contributed by atoms with Gasteiger partial charge in [-0.3, -0.25) is 14.9 Å². The number of benzene rings is 2.